The topological polar surface area (TPSA) is 21.3 Å². The lowest BCUT2D eigenvalue weighted by Gasteiger charge is -2.24. The fourth-order valence-electron chi connectivity index (χ4n) is 2.93. The summed E-state index contributed by atoms with van der Waals surface area (Å²) in [5, 5.41) is 3.61. The van der Waals surface area contributed by atoms with E-state index in [0.29, 0.717) is 11.5 Å². The Balaban J connectivity index is 1.54. The molecule has 0 amide bonds. The first-order chi connectivity index (χ1) is 7.29. The molecule has 1 aliphatic heterocycles. The fraction of sp³-hybridized carbons (Fsp3) is 1.00. The van der Waals surface area contributed by atoms with Gasteiger partial charge in [-0.25, -0.2) is 0 Å². The molecule has 2 nitrogen and oxygen atoms in total. The van der Waals surface area contributed by atoms with E-state index < -0.39 is 0 Å². The third-order valence-electron chi connectivity index (χ3n) is 4.03. The Morgan fingerprint density at radius 3 is 2.73 bits per heavy atom. The van der Waals surface area contributed by atoms with E-state index in [4.69, 9.17) is 4.74 Å². The molecule has 2 aliphatic rings. The third kappa shape index (κ3) is 3.46. The zero-order valence-corrected chi connectivity index (χ0v) is 10.1. The molecule has 0 radical (unpaired) electrons. The summed E-state index contributed by atoms with van der Waals surface area (Å²) in [6.45, 7) is 5.77. The van der Waals surface area contributed by atoms with Gasteiger partial charge in [-0.2, -0.15) is 0 Å². The summed E-state index contributed by atoms with van der Waals surface area (Å²) in [5.74, 6) is 0. The molecule has 1 saturated heterocycles. The van der Waals surface area contributed by atoms with Crippen LogP contribution in [0.1, 0.15) is 51.9 Å². The predicted molar refractivity (Wildman–Crippen MR) is 63.0 cm³/mol. The summed E-state index contributed by atoms with van der Waals surface area (Å²) in [6.07, 6.45) is 10.00. The van der Waals surface area contributed by atoms with Crippen molar-refractivity contribution in [2.24, 2.45) is 5.41 Å². The summed E-state index contributed by atoms with van der Waals surface area (Å²) < 4.78 is 5.61. The SMILES string of the molecule is CC1(CNCCC2CCCO2)CCCC1. The van der Waals surface area contributed by atoms with Crippen LogP contribution in [0.4, 0.5) is 0 Å². The average molecular weight is 211 g/mol. The Morgan fingerprint density at radius 2 is 2.07 bits per heavy atom. The monoisotopic (exact) mass is 211 g/mol. The molecule has 1 aliphatic carbocycles. The van der Waals surface area contributed by atoms with Crippen molar-refractivity contribution in [3.63, 3.8) is 0 Å². The van der Waals surface area contributed by atoms with Crippen molar-refractivity contribution in [1.29, 1.82) is 0 Å². The quantitative estimate of drug-likeness (QED) is 0.706. The van der Waals surface area contributed by atoms with Gasteiger partial charge in [-0.1, -0.05) is 19.8 Å². The maximum atomic E-state index is 5.61. The molecule has 1 N–H and O–H groups in total. The Morgan fingerprint density at radius 1 is 1.27 bits per heavy atom. The van der Waals surface area contributed by atoms with E-state index in [1.165, 1.54) is 51.5 Å². The lowest BCUT2D eigenvalue weighted by atomic mass is 9.89. The first-order valence-corrected chi connectivity index (χ1v) is 6.61. The number of ether oxygens (including phenoxy) is 1. The highest BCUT2D eigenvalue weighted by Gasteiger charge is 2.27. The van der Waals surface area contributed by atoms with Crippen molar-refractivity contribution in [3.8, 4) is 0 Å². The van der Waals surface area contributed by atoms with E-state index >= 15 is 0 Å². The highest BCUT2D eigenvalue weighted by Crippen LogP contribution is 2.36. The third-order valence-corrected chi connectivity index (χ3v) is 4.03. The van der Waals surface area contributed by atoms with Gasteiger partial charge in [-0.15, -0.1) is 0 Å². The summed E-state index contributed by atoms with van der Waals surface area (Å²) >= 11 is 0. The second-order valence-corrected chi connectivity index (χ2v) is 5.62. The Kier molecular flexibility index (Phi) is 4.04. The maximum Gasteiger partial charge on any atom is 0.0588 e. The Labute approximate surface area is 93.8 Å². The Hall–Kier alpha value is -0.0800. The van der Waals surface area contributed by atoms with Gasteiger partial charge in [0.05, 0.1) is 6.10 Å². The molecule has 0 aromatic heterocycles. The number of hydrogen-bond donors (Lipinski definition) is 1. The highest BCUT2D eigenvalue weighted by molar-refractivity contribution is 4.82. The smallest absolute Gasteiger partial charge is 0.0588 e. The Bertz CT molecular complexity index is 181. The molecular formula is C13H25NO. The van der Waals surface area contributed by atoms with Crippen molar-refractivity contribution in [1.82, 2.24) is 5.32 Å². The molecule has 0 bridgehead atoms. The van der Waals surface area contributed by atoms with E-state index in [9.17, 15) is 0 Å². The summed E-state index contributed by atoms with van der Waals surface area (Å²) in [4.78, 5) is 0. The van der Waals surface area contributed by atoms with Crippen molar-refractivity contribution in [2.45, 2.75) is 58.0 Å². The minimum absolute atomic E-state index is 0.550. The minimum Gasteiger partial charge on any atom is -0.378 e. The molecule has 88 valence electrons. The predicted octanol–water partition coefficient (Wildman–Crippen LogP) is 2.73. The normalized spacial score (nSPS) is 29.8. The van der Waals surface area contributed by atoms with Crippen molar-refractivity contribution < 1.29 is 4.74 Å². The minimum atomic E-state index is 0.550. The standard InChI is InChI=1S/C13H25NO/c1-13(7-2-3-8-13)11-14-9-6-12-5-4-10-15-12/h12,14H,2-11H2,1H3. The lowest BCUT2D eigenvalue weighted by Crippen LogP contribution is -2.31. The maximum absolute atomic E-state index is 5.61. The molecule has 1 atom stereocenters. The van der Waals surface area contributed by atoms with Crippen LogP contribution >= 0.6 is 0 Å². The van der Waals surface area contributed by atoms with Crippen molar-refractivity contribution in [3.05, 3.63) is 0 Å². The number of nitrogens with one attached hydrogen (secondary N) is 1. The van der Waals surface area contributed by atoms with Gasteiger partial charge in [0.15, 0.2) is 0 Å². The molecule has 0 aromatic rings. The fourth-order valence-corrected chi connectivity index (χ4v) is 2.93. The molecule has 0 aromatic carbocycles. The van der Waals surface area contributed by atoms with Gasteiger partial charge in [-0.3, -0.25) is 0 Å². The summed E-state index contributed by atoms with van der Waals surface area (Å²) in [7, 11) is 0. The number of hydrogen-bond acceptors (Lipinski definition) is 2. The molecule has 1 heterocycles. The average Bonchev–Trinajstić information content (AvgIpc) is 2.84. The van der Waals surface area contributed by atoms with Crippen LogP contribution in [-0.4, -0.2) is 25.8 Å². The summed E-state index contributed by atoms with van der Waals surface area (Å²) in [6, 6.07) is 0. The van der Waals surface area contributed by atoms with Gasteiger partial charge in [0, 0.05) is 13.2 Å². The van der Waals surface area contributed by atoms with E-state index in [0.717, 1.165) is 13.2 Å². The molecule has 1 saturated carbocycles. The zero-order chi connectivity index (χ0) is 10.6. The van der Waals surface area contributed by atoms with Crippen LogP contribution in [0, 0.1) is 5.41 Å². The van der Waals surface area contributed by atoms with Gasteiger partial charge >= 0.3 is 0 Å². The second kappa shape index (κ2) is 5.31. The lowest BCUT2D eigenvalue weighted by molar-refractivity contribution is 0.103. The van der Waals surface area contributed by atoms with Crippen LogP contribution in [0.2, 0.25) is 0 Å². The van der Waals surface area contributed by atoms with Crippen LogP contribution in [-0.2, 0) is 4.74 Å². The van der Waals surface area contributed by atoms with Gasteiger partial charge in [0.25, 0.3) is 0 Å². The van der Waals surface area contributed by atoms with Crippen LogP contribution in [0.5, 0.6) is 0 Å². The highest BCUT2D eigenvalue weighted by atomic mass is 16.5. The van der Waals surface area contributed by atoms with Crippen LogP contribution in [0.25, 0.3) is 0 Å². The number of rotatable bonds is 5. The molecule has 15 heavy (non-hydrogen) atoms. The van der Waals surface area contributed by atoms with Crippen molar-refractivity contribution >= 4 is 0 Å². The molecule has 1 unspecified atom stereocenters. The van der Waals surface area contributed by atoms with Crippen LogP contribution in [0.3, 0.4) is 0 Å². The van der Waals surface area contributed by atoms with Crippen molar-refractivity contribution in [2.75, 3.05) is 19.7 Å². The van der Waals surface area contributed by atoms with Crippen LogP contribution < -0.4 is 5.32 Å². The first-order valence-electron chi connectivity index (χ1n) is 6.61. The van der Waals surface area contributed by atoms with E-state index in [-0.39, 0.29) is 0 Å². The van der Waals surface area contributed by atoms with E-state index in [1.807, 2.05) is 0 Å². The first kappa shape index (κ1) is 11.4. The van der Waals surface area contributed by atoms with Crippen LogP contribution in [0.15, 0.2) is 0 Å². The van der Waals surface area contributed by atoms with Gasteiger partial charge in [0.1, 0.15) is 0 Å². The van der Waals surface area contributed by atoms with E-state index in [2.05, 4.69) is 12.2 Å². The molecule has 2 heteroatoms. The van der Waals surface area contributed by atoms with Gasteiger partial charge < -0.3 is 10.1 Å². The molecule has 2 rings (SSSR count). The molecule has 2 fully saturated rings. The van der Waals surface area contributed by atoms with E-state index in [1.54, 1.807) is 0 Å². The van der Waals surface area contributed by atoms with Gasteiger partial charge in [0.2, 0.25) is 0 Å². The van der Waals surface area contributed by atoms with Gasteiger partial charge in [-0.05, 0) is 44.1 Å². The largest absolute Gasteiger partial charge is 0.378 e. The second-order valence-electron chi connectivity index (χ2n) is 5.62. The molecule has 0 spiro atoms. The summed E-state index contributed by atoms with van der Waals surface area (Å²) in [5.41, 5.74) is 0.594. The zero-order valence-electron chi connectivity index (χ0n) is 10.1. The molecular weight excluding hydrogens is 186 g/mol.